The first kappa shape index (κ1) is 15.7. The van der Waals surface area contributed by atoms with E-state index in [4.69, 9.17) is 5.73 Å². The van der Waals surface area contributed by atoms with E-state index in [0.29, 0.717) is 23.8 Å². The van der Waals surface area contributed by atoms with E-state index in [1.807, 2.05) is 0 Å². The van der Waals surface area contributed by atoms with E-state index in [1.165, 1.54) is 18.6 Å². The second kappa shape index (κ2) is 6.91. The maximum absolute atomic E-state index is 13.0. The average Bonchev–Trinajstić information content (AvgIpc) is 3.06. The summed E-state index contributed by atoms with van der Waals surface area (Å²) in [6.07, 6.45) is 6.01. The van der Waals surface area contributed by atoms with Crippen LogP contribution >= 0.6 is 0 Å². The Morgan fingerprint density at radius 1 is 1.26 bits per heavy atom. The van der Waals surface area contributed by atoms with E-state index >= 15 is 0 Å². The fourth-order valence-electron chi connectivity index (χ4n) is 3.10. The summed E-state index contributed by atoms with van der Waals surface area (Å²) in [6.45, 7) is 0.592. The highest BCUT2D eigenvalue weighted by Gasteiger charge is 2.26. The molecule has 5 nitrogen and oxygen atoms in total. The molecule has 2 atom stereocenters. The molecular weight excluding hydrogens is 295 g/mol. The lowest BCUT2D eigenvalue weighted by Crippen LogP contribution is -2.44. The van der Waals surface area contributed by atoms with Gasteiger partial charge in [0.05, 0.1) is 5.69 Å². The van der Waals surface area contributed by atoms with Gasteiger partial charge in [0.2, 0.25) is 0 Å². The lowest BCUT2D eigenvalue weighted by atomic mass is 9.84. The molecular formula is C17H21FN4O. The molecule has 23 heavy (non-hydrogen) atoms. The number of rotatable bonds is 4. The summed E-state index contributed by atoms with van der Waals surface area (Å²) in [6, 6.07) is 7.76. The fraction of sp³-hybridized carbons (Fsp3) is 0.412. The van der Waals surface area contributed by atoms with Crippen molar-refractivity contribution in [1.82, 2.24) is 15.1 Å². The van der Waals surface area contributed by atoms with Crippen molar-refractivity contribution >= 4 is 5.91 Å². The van der Waals surface area contributed by atoms with E-state index < -0.39 is 0 Å². The standard InChI is InChI=1S/C17H21FN4O/c18-13-5-7-14(8-6-13)22-10-9-16(21-22)17(23)20-15-4-2-1-3-12(15)11-19/h5-10,12,15H,1-4,11,19H2,(H,20,23). The number of halogens is 1. The summed E-state index contributed by atoms with van der Waals surface area (Å²) in [7, 11) is 0. The molecule has 1 saturated carbocycles. The Hall–Kier alpha value is -2.21. The van der Waals surface area contributed by atoms with Crippen LogP contribution in [0.15, 0.2) is 36.5 Å². The first-order chi connectivity index (χ1) is 11.2. The zero-order valence-corrected chi connectivity index (χ0v) is 12.9. The van der Waals surface area contributed by atoms with Crippen LogP contribution in [0.4, 0.5) is 4.39 Å². The summed E-state index contributed by atoms with van der Waals surface area (Å²) in [5.41, 5.74) is 6.87. The Kier molecular flexibility index (Phi) is 4.71. The number of aromatic nitrogens is 2. The number of hydrogen-bond donors (Lipinski definition) is 2. The van der Waals surface area contributed by atoms with Gasteiger partial charge in [0.15, 0.2) is 5.69 Å². The Morgan fingerprint density at radius 2 is 2.00 bits per heavy atom. The summed E-state index contributed by atoms with van der Waals surface area (Å²) >= 11 is 0. The smallest absolute Gasteiger partial charge is 0.272 e. The predicted molar refractivity (Wildman–Crippen MR) is 85.8 cm³/mol. The number of carbonyl (C=O) groups excluding carboxylic acids is 1. The van der Waals surface area contributed by atoms with Crippen LogP contribution in [-0.4, -0.2) is 28.3 Å². The van der Waals surface area contributed by atoms with Crippen molar-refractivity contribution < 1.29 is 9.18 Å². The lowest BCUT2D eigenvalue weighted by molar-refractivity contribution is 0.0902. The molecule has 1 fully saturated rings. The molecule has 1 aliphatic rings. The third kappa shape index (κ3) is 3.59. The molecule has 0 aliphatic heterocycles. The van der Waals surface area contributed by atoms with E-state index in [-0.39, 0.29) is 17.8 Å². The van der Waals surface area contributed by atoms with Crippen LogP contribution in [0.25, 0.3) is 5.69 Å². The van der Waals surface area contributed by atoms with E-state index in [1.54, 1.807) is 29.1 Å². The number of nitrogens with two attached hydrogens (primary N) is 1. The van der Waals surface area contributed by atoms with Crippen molar-refractivity contribution in [3.63, 3.8) is 0 Å². The van der Waals surface area contributed by atoms with Crippen LogP contribution in [0.3, 0.4) is 0 Å². The third-order valence-corrected chi connectivity index (χ3v) is 4.44. The second-order valence-electron chi connectivity index (χ2n) is 5.98. The van der Waals surface area contributed by atoms with Crippen molar-refractivity contribution in [2.24, 2.45) is 11.7 Å². The molecule has 0 spiro atoms. The summed E-state index contributed by atoms with van der Waals surface area (Å²) in [4.78, 5) is 12.4. The maximum Gasteiger partial charge on any atom is 0.272 e. The van der Waals surface area contributed by atoms with Crippen molar-refractivity contribution in [1.29, 1.82) is 0 Å². The number of amides is 1. The average molecular weight is 316 g/mol. The molecule has 2 unspecified atom stereocenters. The van der Waals surface area contributed by atoms with Gasteiger partial charge in [-0.3, -0.25) is 4.79 Å². The first-order valence-corrected chi connectivity index (χ1v) is 8.00. The minimum atomic E-state index is -0.302. The van der Waals surface area contributed by atoms with Crippen LogP contribution < -0.4 is 11.1 Å². The Labute approximate surface area is 134 Å². The normalized spacial score (nSPS) is 21.1. The summed E-state index contributed by atoms with van der Waals surface area (Å²) in [5, 5.41) is 7.33. The summed E-state index contributed by atoms with van der Waals surface area (Å²) in [5.74, 6) is -0.146. The fourth-order valence-corrected chi connectivity index (χ4v) is 3.10. The second-order valence-corrected chi connectivity index (χ2v) is 5.98. The van der Waals surface area contributed by atoms with Gasteiger partial charge >= 0.3 is 0 Å². The molecule has 0 radical (unpaired) electrons. The Morgan fingerprint density at radius 3 is 2.74 bits per heavy atom. The number of nitrogens with zero attached hydrogens (tertiary/aromatic N) is 2. The molecule has 0 bridgehead atoms. The largest absolute Gasteiger partial charge is 0.348 e. The van der Waals surface area contributed by atoms with Crippen LogP contribution in [0.1, 0.15) is 36.2 Å². The highest BCUT2D eigenvalue weighted by atomic mass is 19.1. The van der Waals surface area contributed by atoms with Gasteiger partial charge in [-0.2, -0.15) is 5.10 Å². The topological polar surface area (TPSA) is 72.9 Å². The number of nitrogens with one attached hydrogen (secondary N) is 1. The lowest BCUT2D eigenvalue weighted by Gasteiger charge is -2.31. The molecule has 2 aromatic rings. The minimum Gasteiger partial charge on any atom is -0.348 e. The zero-order valence-electron chi connectivity index (χ0n) is 12.9. The van der Waals surface area contributed by atoms with Crippen LogP contribution in [0.5, 0.6) is 0 Å². The highest BCUT2D eigenvalue weighted by Crippen LogP contribution is 2.23. The van der Waals surface area contributed by atoms with Gasteiger partial charge < -0.3 is 11.1 Å². The molecule has 1 amide bonds. The molecule has 6 heteroatoms. The minimum absolute atomic E-state index is 0.122. The van der Waals surface area contributed by atoms with Gasteiger partial charge in [-0.25, -0.2) is 9.07 Å². The Bertz CT molecular complexity index is 667. The Balaban J connectivity index is 1.69. The highest BCUT2D eigenvalue weighted by molar-refractivity contribution is 5.92. The van der Waals surface area contributed by atoms with Crippen LogP contribution in [-0.2, 0) is 0 Å². The zero-order chi connectivity index (χ0) is 16.2. The van der Waals surface area contributed by atoms with E-state index in [9.17, 15) is 9.18 Å². The van der Waals surface area contributed by atoms with E-state index in [2.05, 4.69) is 10.4 Å². The molecule has 3 N–H and O–H groups in total. The van der Waals surface area contributed by atoms with Gasteiger partial charge in [-0.05, 0) is 55.6 Å². The van der Waals surface area contributed by atoms with Gasteiger partial charge in [-0.1, -0.05) is 12.8 Å². The third-order valence-electron chi connectivity index (χ3n) is 4.44. The van der Waals surface area contributed by atoms with Crippen molar-refractivity contribution in [2.45, 2.75) is 31.7 Å². The molecule has 0 saturated heterocycles. The predicted octanol–water partition coefficient (Wildman–Crippen LogP) is 2.26. The number of benzene rings is 1. The molecule has 1 aromatic heterocycles. The SMILES string of the molecule is NCC1CCCCC1NC(=O)c1ccn(-c2ccc(F)cc2)n1. The summed E-state index contributed by atoms with van der Waals surface area (Å²) < 4.78 is 14.5. The molecule has 1 aromatic carbocycles. The van der Waals surface area contributed by atoms with Gasteiger partial charge in [0.25, 0.3) is 5.91 Å². The molecule has 122 valence electrons. The van der Waals surface area contributed by atoms with Crippen LogP contribution in [0.2, 0.25) is 0 Å². The van der Waals surface area contributed by atoms with Gasteiger partial charge in [0, 0.05) is 12.2 Å². The number of carbonyl (C=O) groups is 1. The molecule has 1 aliphatic carbocycles. The monoisotopic (exact) mass is 316 g/mol. The van der Waals surface area contributed by atoms with Gasteiger partial charge in [0.1, 0.15) is 5.82 Å². The van der Waals surface area contributed by atoms with E-state index in [0.717, 1.165) is 19.3 Å². The molecule has 1 heterocycles. The van der Waals surface area contributed by atoms with Crippen molar-refractivity contribution in [3.05, 3.63) is 48.0 Å². The first-order valence-electron chi connectivity index (χ1n) is 8.00. The van der Waals surface area contributed by atoms with Crippen molar-refractivity contribution in [3.8, 4) is 5.69 Å². The maximum atomic E-state index is 13.0. The van der Waals surface area contributed by atoms with Crippen LogP contribution in [0, 0.1) is 11.7 Å². The molecule has 3 rings (SSSR count). The number of hydrogen-bond acceptors (Lipinski definition) is 3. The van der Waals surface area contributed by atoms with Crippen molar-refractivity contribution in [2.75, 3.05) is 6.54 Å². The quantitative estimate of drug-likeness (QED) is 0.909. The van der Waals surface area contributed by atoms with Gasteiger partial charge in [-0.15, -0.1) is 0 Å².